The molecule has 31 heavy (non-hydrogen) atoms. The molecule has 0 aliphatic carbocycles. The Labute approximate surface area is 188 Å². The summed E-state index contributed by atoms with van der Waals surface area (Å²) in [5, 5.41) is 28.1. The van der Waals surface area contributed by atoms with Gasteiger partial charge in [-0.1, -0.05) is 11.3 Å². The van der Waals surface area contributed by atoms with Crippen LogP contribution >= 0.6 is 23.1 Å². The van der Waals surface area contributed by atoms with Crippen molar-refractivity contribution in [1.29, 1.82) is 5.26 Å². The number of nitrogens with zero attached hydrogens (tertiary/aromatic N) is 6. The number of thioether (sulfide) groups is 1. The van der Waals surface area contributed by atoms with E-state index in [-0.39, 0.29) is 6.04 Å². The van der Waals surface area contributed by atoms with E-state index in [0.29, 0.717) is 11.5 Å². The Balaban J connectivity index is 1.55. The molecule has 1 aliphatic rings. The van der Waals surface area contributed by atoms with Gasteiger partial charge in [-0.05, 0) is 50.3 Å². The van der Waals surface area contributed by atoms with Crippen molar-refractivity contribution in [2.75, 3.05) is 16.8 Å². The van der Waals surface area contributed by atoms with Gasteiger partial charge in [0, 0.05) is 29.6 Å². The lowest BCUT2D eigenvalue weighted by Gasteiger charge is -2.14. The van der Waals surface area contributed by atoms with E-state index in [1.165, 1.54) is 12.2 Å². The predicted molar refractivity (Wildman–Crippen MR) is 125 cm³/mol. The smallest absolute Gasteiger partial charge is 0.151 e. The maximum atomic E-state index is 9.12. The summed E-state index contributed by atoms with van der Waals surface area (Å²) in [5.41, 5.74) is 5.02. The molecule has 4 aromatic heterocycles. The second-order valence-corrected chi connectivity index (χ2v) is 9.99. The van der Waals surface area contributed by atoms with Gasteiger partial charge in [0.05, 0.1) is 34.2 Å². The molecule has 0 spiro atoms. The first-order valence-electron chi connectivity index (χ1n) is 10.2. The molecular formula is C22H21N7S2. The molecule has 1 saturated heterocycles. The van der Waals surface area contributed by atoms with Crippen LogP contribution in [0.5, 0.6) is 0 Å². The van der Waals surface area contributed by atoms with Gasteiger partial charge in [0.15, 0.2) is 5.01 Å². The second kappa shape index (κ2) is 8.29. The molecule has 0 bridgehead atoms. The summed E-state index contributed by atoms with van der Waals surface area (Å²) in [4.78, 5) is 4.73. The maximum Gasteiger partial charge on any atom is 0.151 e. The van der Waals surface area contributed by atoms with E-state index < -0.39 is 0 Å². The molecule has 0 radical (unpaired) electrons. The lowest BCUT2D eigenvalue weighted by atomic mass is 10.1. The molecular weight excluding hydrogens is 426 g/mol. The quantitative estimate of drug-likeness (QED) is 0.468. The minimum absolute atomic E-state index is 0.257. The maximum absolute atomic E-state index is 9.12. The summed E-state index contributed by atoms with van der Waals surface area (Å²) in [6.07, 6.45) is 4.62. The van der Waals surface area contributed by atoms with Crippen LogP contribution in [-0.2, 0) is 0 Å². The fourth-order valence-corrected chi connectivity index (χ4v) is 6.02. The lowest BCUT2D eigenvalue weighted by Crippen LogP contribution is -2.11. The van der Waals surface area contributed by atoms with Crippen LogP contribution in [0.25, 0.3) is 27.5 Å². The molecule has 156 valence electrons. The SMILES string of the molecule is CC(C)Nc1cc(-c2ccc3cc(C#N)cnn23)ncc1-c1nnc(C2CCSC2)s1. The normalized spacial score (nSPS) is 16.1. The zero-order valence-electron chi connectivity index (χ0n) is 17.2. The standard InChI is InChI=1S/C22H21N7S2/c1-13(2)26-18-8-19(20-4-3-16-7-14(9-23)10-25-29(16)20)24-11-17(18)22-28-27-21(31-22)15-5-6-30-12-15/h3-4,7-8,10-11,13,15H,5-6,12H2,1-2H3,(H,24,26). The van der Waals surface area contributed by atoms with E-state index in [1.807, 2.05) is 46.7 Å². The van der Waals surface area contributed by atoms with Crippen LogP contribution in [0, 0.1) is 11.3 Å². The van der Waals surface area contributed by atoms with Crippen LogP contribution in [0.15, 0.2) is 36.7 Å². The average molecular weight is 448 g/mol. The molecule has 0 saturated carbocycles. The molecule has 4 aromatic rings. The Morgan fingerprint density at radius 3 is 2.90 bits per heavy atom. The predicted octanol–water partition coefficient (Wildman–Crippen LogP) is 4.83. The van der Waals surface area contributed by atoms with Crippen molar-refractivity contribution < 1.29 is 0 Å². The number of nitrogens with one attached hydrogen (secondary N) is 1. The number of rotatable bonds is 5. The molecule has 5 heterocycles. The molecule has 1 atom stereocenters. The number of aromatic nitrogens is 5. The van der Waals surface area contributed by atoms with E-state index in [1.54, 1.807) is 17.5 Å². The molecule has 9 heteroatoms. The van der Waals surface area contributed by atoms with Crippen LogP contribution in [0.4, 0.5) is 5.69 Å². The van der Waals surface area contributed by atoms with Gasteiger partial charge < -0.3 is 5.32 Å². The Kier molecular flexibility index (Phi) is 5.34. The topological polar surface area (TPSA) is 91.8 Å². The van der Waals surface area contributed by atoms with E-state index >= 15 is 0 Å². The molecule has 7 nitrogen and oxygen atoms in total. The van der Waals surface area contributed by atoms with Crippen molar-refractivity contribution in [3.63, 3.8) is 0 Å². The van der Waals surface area contributed by atoms with Gasteiger partial charge in [0.1, 0.15) is 11.1 Å². The first-order valence-corrected chi connectivity index (χ1v) is 12.2. The van der Waals surface area contributed by atoms with Gasteiger partial charge in [-0.15, -0.1) is 10.2 Å². The van der Waals surface area contributed by atoms with Crippen molar-refractivity contribution in [2.45, 2.75) is 32.2 Å². The van der Waals surface area contributed by atoms with Crippen LogP contribution in [0.1, 0.15) is 36.8 Å². The average Bonchev–Trinajstić information content (AvgIpc) is 3.52. The van der Waals surface area contributed by atoms with Gasteiger partial charge in [-0.2, -0.15) is 22.1 Å². The van der Waals surface area contributed by atoms with Gasteiger partial charge in [-0.25, -0.2) is 4.52 Å². The number of anilines is 1. The zero-order valence-corrected chi connectivity index (χ0v) is 18.9. The monoisotopic (exact) mass is 447 g/mol. The number of hydrogen-bond acceptors (Lipinski definition) is 8. The molecule has 1 N–H and O–H groups in total. The molecule has 0 aromatic carbocycles. The van der Waals surface area contributed by atoms with Crippen molar-refractivity contribution in [3.8, 4) is 28.0 Å². The molecule has 5 rings (SSSR count). The second-order valence-electron chi connectivity index (χ2n) is 7.83. The van der Waals surface area contributed by atoms with E-state index in [4.69, 9.17) is 10.2 Å². The highest BCUT2D eigenvalue weighted by molar-refractivity contribution is 7.99. The highest BCUT2D eigenvalue weighted by Gasteiger charge is 2.23. The van der Waals surface area contributed by atoms with E-state index in [0.717, 1.165) is 43.9 Å². The van der Waals surface area contributed by atoms with Crippen molar-refractivity contribution in [2.24, 2.45) is 0 Å². The molecule has 1 unspecified atom stereocenters. The lowest BCUT2D eigenvalue weighted by molar-refractivity contribution is 0.758. The van der Waals surface area contributed by atoms with E-state index in [9.17, 15) is 0 Å². The van der Waals surface area contributed by atoms with Crippen LogP contribution in [0.2, 0.25) is 0 Å². The van der Waals surface area contributed by atoms with Gasteiger partial charge in [-0.3, -0.25) is 4.98 Å². The Hall–Kier alpha value is -2.96. The third-order valence-electron chi connectivity index (χ3n) is 5.19. The summed E-state index contributed by atoms with van der Waals surface area (Å²) >= 11 is 3.66. The first-order chi connectivity index (χ1) is 15.1. The number of nitriles is 1. The number of fused-ring (bicyclic) bond motifs is 1. The summed E-state index contributed by atoms with van der Waals surface area (Å²) in [5.74, 6) is 2.84. The van der Waals surface area contributed by atoms with Gasteiger partial charge in [0.2, 0.25) is 0 Å². The summed E-state index contributed by atoms with van der Waals surface area (Å²) in [7, 11) is 0. The van der Waals surface area contributed by atoms with Crippen LogP contribution in [-0.4, -0.2) is 42.3 Å². The molecule has 1 fully saturated rings. The van der Waals surface area contributed by atoms with Gasteiger partial charge >= 0.3 is 0 Å². The number of hydrogen-bond donors (Lipinski definition) is 1. The minimum atomic E-state index is 0.257. The molecule has 1 aliphatic heterocycles. The third kappa shape index (κ3) is 3.89. The highest BCUT2D eigenvalue weighted by atomic mass is 32.2. The first kappa shape index (κ1) is 20.0. The van der Waals surface area contributed by atoms with Crippen LogP contribution in [0.3, 0.4) is 0 Å². The Morgan fingerprint density at radius 1 is 1.23 bits per heavy atom. The fourth-order valence-electron chi connectivity index (χ4n) is 3.69. The van der Waals surface area contributed by atoms with Gasteiger partial charge in [0.25, 0.3) is 0 Å². The van der Waals surface area contributed by atoms with Crippen molar-refractivity contribution in [1.82, 2.24) is 24.8 Å². The molecule has 0 amide bonds. The Bertz CT molecular complexity index is 1280. The van der Waals surface area contributed by atoms with E-state index in [2.05, 4.69) is 40.5 Å². The third-order valence-corrected chi connectivity index (χ3v) is 7.47. The summed E-state index contributed by atoms with van der Waals surface area (Å²) in [6.45, 7) is 4.23. The summed E-state index contributed by atoms with van der Waals surface area (Å²) < 4.78 is 1.81. The highest BCUT2D eigenvalue weighted by Crippen LogP contribution is 2.38. The number of pyridine rings is 1. The van der Waals surface area contributed by atoms with Crippen molar-refractivity contribution in [3.05, 3.63) is 47.2 Å². The largest absolute Gasteiger partial charge is 0.382 e. The summed E-state index contributed by atoms with van der Waals surface area (Å²) in [6, 6.07) is 10.2. The van der Waals surface area contributed by atoms with Crippen molar-refractivity contribution >= 4 is 34.3 Å². The zero-order chi connectivity index (χ0) is 21.4. The minimum Gasteiger partial charge on any atom is -0.382 e. The van der Waals surface area contributed by atoms with Crippen LogP contribution < -0.4 is 5.32 Å². The fraction of sp³-hybridized carbons (Fsp3) is 0.318. The Morgan fingerprint density at radius 2 is 2.13 bits per heavy atom.